The summed E-state index contributed by atoms with van der Waals surface area (Å²) >= 11 is 3.51. The van der Waals surface area contributed by atoms with Crippen molar-refractivity contribution in [1.82, 2.24) is 9.78 Å². The minimum absolute atomic E-state index is 0.297. The molecular formula is C26H18BrFN2. The Balaban J connectivity index is 2.00. The maximum absolute atomic E-state index is 14.8. The molecule has 4 heteroatoms. The number of aromatic nitrogens is 2. The van der Waals surface area contributed by atoms with Crippen LogP contribution in [0.4, 0.5) is 4.39 Å². The SMILES string of the molecule is Fc1cccc2c1c(Br)nn2C(c1ccccc1)(c1ccccc1)c1ccccc1. The molecule has 0 bridgehead atoms. The molecule has 1 heterocycles. The number of benzene rings is 4. The molecule has 0 saturated carbocycles. The van der Waals surface area contributed by atoms with Crippen LogP contribution in [0.25, 0.3) is 10.9 Å². The summed E-state index contributed by atoms with van der Waals surface area (Å²) in [5.41, 5.74) is 3.08. The fourth-order valence-electron chi connectivity index (χ4n) is 4.25. The zero-order chi connectivity index (χ0) is 20.6. The van der Waals surface area contributed by atoms with Crippen molar-refractivity contribution in [3.63, 3.8) is 0 Å². The van der Waals surface area contributed by atoms with Crippen molar-refractivity contribution in [2.45, 2.75) is 5.54 Å². The molecule has 0 amide bonds. The molecule has 5 rings (SSSR count). The van der Waals surface area contributed by atoms with E-state index in [4.69, 9.17) is 5.10 Å². The molecule has 0 fully saturated rings. The molecule has 0 aliphatic heterocycles. The summed E-state index contributed by atoms with van der Waals surface area (Å²) in [5.74, 6) is -0.297. The summed E-state index contributed by atoms with van der Waals surface area (Å²) in [4.78, 5) is 0. The monoisotopic (exact) mass is 456 g/mol. The molecule has 0 radical (unpaired) electrons. The highest BCUT2D eigenvalue weighted by atomic mass is 79.9. The van der Waals surface area contributed by atoms with Crippen molar-refractivity contribution in [2.75, 3.05) is 0 Å². The van der Waals surface area contributed by atoms with Crippen LogP contribution in [0.15, 0.2) is 114 Å². The summed E-state index contributed by atoms with van der Waals surface area (Å²) in [6.07, 6.45) is 0. The van der Waals surface area contributed by atoms with Crippen molar-refractivity contribution in [3.05, 3.63) is 136 Å². The molecular weight excluding hydrogens is 439 g/mol. The molecule has 30 heavy (non-hydrogen) atoms. The number of nitrogens with zero attached hydrogens (tertiary/aromatic N) is 2. The van der Waals surface area contributed by atoms with Crippen molar-refractivity contribution < 1.29 is 4.39 Å². The Morgan fingerprint density at radius 1 is 0.633 bits per heavy atom. The lowest BCUT2D eigenvalue weighted by Crippen LogP contribution is -2.38. The van der Waals surface area contributed by atoms with E-state index in [2.05, 4.69) is 52.3 Å². The first-order chi connectivity index (χ1) is 14.7. The lowest BCUT2D eigenvalue weighted by Gasteiger charge is -2.37. The van der Waals surface area contributed by atoms with Gasteiger partial charge in [-0.05, 0) is 44.8 Å². The number of fused-ring (bicyclic) bond motifs is 1. The van der Waals surface area contributed by atoms with Crippen LogP contribution in [0.1, 0.15) is 16.7 Å². The van der Waals surface area contributed by atoms with Gasteiger partial charge >= 0.3 is 0 Å². The molecule has 0 unspecified atom stereocenters. The van der Waals surface area contributed by atoms with Crippen LogP contribution in [0.3, 0.4) is 0 Å². The first-order valence-corrected chi connectivity index (χ1v) is 10.5. The van der Waals surface area contributed by atoms with Gasteiger partial charge in [0.15, 0.2) is 0 Å². The number of rotatable bonds is 4. The minimum Gasteiger partial charge on any atom is -0.244 e. The van der Waals surface area contributed by atoms with Gasteiger partial charge in [0.1, 0.15) is 16.0 Å². The Kier molecular flexibility index (Phi) is 4.72. The van der Waals surface area contributed by atoms with E-state index in [1.165, 1.54) is 6.07 Å². The second-order valence-electron chi connectivity index (χ2n) is 7.15. The summed E-state index contributed by atoms with van der Waals surface area (Å²) in [6, 6.07) is 35.9. The van der Waals surface area contributed by atoms with Crippen LogP contribution in [0.2, 0.25) is 0 Å². The van der Waals surface area contributed by atoms with E-state index in [-0.39, 0.29) is 5.82 Å². The summed E-state index contributed by atoms with van der Waals surface area (Å²) < 4.78 is 17.2. The zero-order valence-electron chi connectivity index (χ0n) is 16.0. The maximum Gasteiger partial charge on any atom is 0.139 e. The van der Waals surface area contributed by atoms with E-state index in [1.54, 1.807) is 6.07 Å². The average molecular weight is 457 g/mol. The van der Waals surface area contributed by atoms with Crippen LogP contribution < -0.4 is 0 Å². The van der Waals surface area contributed by atoms with Crippen molar-refractivity contribution >= 4 is 26.8 Å². The molecule has 1 aromatic heterocycles. The predicted molar refractivity (Wildman–Crippen MR) is 122 cm³/mol. The van der Waals surface area contributed by atoms with Gasteiger partial charge in [-0.25, -0.2) is 9.07 Å². The smallest absolute Gasteiger partial charge is 0.139 e. The molecule has 0 N–H and O–H groups in total. The second kappa shape index (κ2) is 7.54. The van der Waals surface area contributed by atoms with Gasteiger partial charge in [0.05, 0.1) is 10.9 Å². The van der Waals surface area contributed by atoms with E-state index in [9.17, 15) is 4.39 Å². The molecule has 2 nitrogen and oxygen atoms in total. The quantitative estimate of drug-likeness (QED) is 0.272. The van der Waals surface area contributed by atoms with E-state index in [0.717, 1.165) is 22.2 Å². The second-order valence-corrected chi connectivity index (χ2v) is 7.90. The van der Waals surface area contributed by atoms with Crippen molar-refractivity contribution in [2.24, 2.45) is 0 Å². The molecule has 0 aliphatic carbocycles. The molecule has 5 aromatic rings. The fourth-order valence-corrected chi connectivity index (χ4v) is 4.80. The van der Waals surface area contributed by atoms with E-state index in [0.29, 0.717) is 9.99 Å². The fraction of sp³-hybridized carbons (Fsp3) is 0.0385. The number of halogens is 2. The van der Waals surface area contributed by atoms with Crippen LogP contribution in [0, 0.1) is 5.82 Å². The van der Waals surface area contributed by atoms with Crippen molar-refractivity contribution in [1.29, 1.82) is 0 Å². The third kappa shape index (κ3) is 2.79. The Bertz CT molecular complexity index is 1200. The molecule has 0 atom stereocenters. The van der Waals surface area contributed by atoms with Gasteiger partial charge in [-0.2, -0.15) is 5.10 Å². The highest BCUT2D eigenvalue weighted by molar-refractivity contribution is 9.10. The Morgan fingerprint density at radius 2 is 1.10 bits per heavy atom. The zero-order valence-corrected chi connectivity index (χ0v) is 17.6. The van der Waals surface area contributed by atoms with Gasteiger partial charge < -0.3 is 0 Å². The highest BCUT2D eigenvalue weighted by Gasteiger charge is 2.40. The van der Waals surface area contributed by atoms with Crippen LogP contribution >= 0.6 is 15.9 Å². The van der Waals surface area contributed by atoms with Crippen molar-refractivity contribution in [3.8, 4) is 0 Å². The average Bonchev–Trinajstić information content (AvgIpc) is 3.15. The van der Waals surface area contributed by atoms with Gasteiger partial charge in [0, 0.05) is 0 Å². The summed E-state index contributed by atoms with van der Waals surface area (Å²) in [5, 5.41) is 5.32. The molecule has 146 valence electrons. The van der Waals surface area contributed by atoms with E-state index < -0.39 is 5.54 Å². The Labute approximate surface area is 182 Å². The number of hydrogen-bond acceptors (Lipinski definition) is 1. The lowest BCUT2D eigenvalue weighted by atomic mass is 9.77. The summed E-state index contributed by atoms with van der Waals surface area (Å²) in [7, 11) is 0. The summed E-state index contributed by atoms with van der Waals surface area (Å²) in [6.45, 7) is 0. The van der Waals surface area contributed by atoms with Crippen LogP contribution in [0.5, 0.6) is 0 Å². The topological polar surface area (TPSA) is 17.8 Å². The van der Waals surface area contributed by atoms with Gasteiger partial charge in [-0.15, -0.1) is 0 Å². The van der Waals surface area contributed by atoms with E-state index >= 15 is 0 Å². The Morgan fingerprint density at radius 3 is 1.57 bits per heavy atom. The molecule has 4 aromatic carbocycles. The van der Waals surface area contributed by atoms with Gasteiger partial charge in [-0.1, -0.05) is 97.1 Å². The predicted octanol–water partition coefficient (Wildman–Crippen LogP) is 6.78. The third-order valence-electron chi connectivity index (χ3n) is 5.51. The highest BCUT2D eigenvalue weighted by Crippen LogP contribution is 2.43. The number of hydrogen-bond donors (Lipinski definition) is 0. The molecule has 0 spiro atoms. The largest absolute Gasteiger partial charge is 0.244 e. The van der Waals surface area contributed by atoms with Gasteiger partial charge in [-0.3, -0.25) is 0 Å². The van der Waals surface area contributed by atoms with Gasteiger partial charge in [0.25, 0.3) is 0 Å². The Hall–Kier alpha value is -3.24. The lowest BCUT2D eigenvalue weighted by molar-refractivity contribution is 0.473. The maximum atomic E-state index is 14.8. The first-order valence-electron chi connectivity index (χ1n) is 9.72. The molecule has 0 aliphatic rings. The molecule has 0 saturated heterocycles. The van der Waals surface area contributed by atoms with Gasteiger partial charge in [0.2, 0.25) is 0 Å². The van der Waals surface area contributed by atoms with E-state index in [1.807, 2.05) is 65.3 Å². The first kappa shape index (κ1) is 18.8. The normalized spacial score (nSPS) is 11.7. The van der Waals surface area contributed by atoms with Crippen LogP contribution in [-0.2, 0) is 5.54 Å². The third-order valence-corrected chi connectivity index (χ3v) is 6.06. The standard InChI is InChI=1S/C26H18BrFN2/c27-25-24-22(28)17-10-18-23(24)30(29-25)26(19-11-4-1-5-12-19,20-13-6-2-7-14-20)21-15-8-3-9-16-21/h1-18H. The minimum atomic E-state index is -0.776. The van der Waals surface area contributed by atoms with Crippen LogP contribution in [-0.4, -0.2) is 9.78 Å².